The Morgan fingerprint density at radius 1 is 1.09 bits per heavy atom. The predicted octanol–water partition coefficient (Wildman–Crippen LogP) is 3.45. The van der Waals surface area contributed by atoms with Gasteiger partial charge in [-0.25, -0.2) is 0 Å². The van der Waals surface area contributed by atoms with Crippen molar-refractivity contribution in [2.75, 3.05) is 43.4 Å². The number of para-hydroxylation sites is 1. The number of piperazine rings is 1. The summed E-state index contributed by atoms with van der Waals surface area (Å²) in [5.41, 5.74) is 2.97. The van der Waals surface area contributed by atoms with E-state index in [1.54, 1.807) is 6.92 Å². The van der Waals surface area contributed by atoms with Crippen LogP contribution in [0.25, 0.3) is 0 Å². The molecule has 2 N–H and O–H groups in total. The van der Waals surface area contributed by atoms with E-state index in [4.69, 9.17) is 11.6 Å². The molecule has 1 unspecified atom stereocenters. The van der Waals surface area contributed by atoms with Gasteiger partial charge in [-0.3, -0.25) is 29.5 Å². The number of carbonyl (C=O) groups is 2. The van der Waals surface area contributed by atoms with Gasteiger partial charge >= 0.3 is 0 Å². The highest BCUT2D eigenvalue weighted by molar-refractivity contribution is 6.33. The van der Waals surface area contributed by atoms with Crippen molar-refractivity contribution in [3.05, 3.63) is 62.7 Å². The summed E-state index contributed by atoms with van der Waals surface area (Å²) in [4.78, 5) is 39.8. The van der Waals surface area contributed by atoms with Crippen molar-refractivity contribution >= 4 is 40.5 Å². The number of nitro benzene ring substituents is 1. The van der Waals surface area contributed by atoms with E-state index in [1.807, 2.05) is 36.9 Å². The first kappa shape index (κ1) is 24.6. The zero-order valence-electron chi connectivity index (χ0n) is 18.9. The van der Waals surface area contributed by atoms with Crippen molar-refractivity contribution in [2.45, 2.75) is 26.8 Å². The summed E-state index contributed by atoms with van der Waals surface area (Å²) in [7, 11) is 0. The molecule has 0 saturated carbocycles. The molecule has 176 valence electrons. The lowest BCUT2D eigenvalue weighted by Gasteiger charge is -2.37. The molecule has 0 radical (unpaired) electrons. The molecule has 2 amide bonds. The number of aryl methyl sites for hydroxylation is 2. The monoisotopic (exact) mass is 473 g/mol. The average molecular weight is 474 g/mol. The van der Waals surface area contributed by atoms with Crippen LogP contribution in [0, 0.1) is 24.0 Å². The van der Waals surface area contributed by atoms with E-state index in [2.05, 4.69) is 15.5 Å². The number of halogens is 1. The molecule has 10 heteroatoms. The Kier molecular flexibility index (Phi) is 8.01. The van der Waals surface area contributed by atoms with Crippen molar-refractivity contribution in [3.8, 4) is 0 Å². The summed E-state index contributed by atoms with van der Waals surface area (Å²) in [6, 6.07) is 9.37. The third kappa shape index (κ3) is 6.28. The van der Waals surface area contributed by atoms with E-state index in [0.717, 1.165) is 16.8 Å². The van der Waals surface area contributed by atoms with Gasteiger partial charge in [0.25, 0.3) is 5.69 Å². The Labute approximate surface area is 197 Å². The molecule has 0 aromatic heterocycles. The molecular formula is C23H28ClN5O4. The van der Waals surface area contributed by atoms with Crippen LogP contribution in [0.1, 0.15) is 18.1 Å². The second-order valence-electron chi connectivity index (χ2n) is 8.21. The fraction of sp³-hybridized carbons (Fsp3) is 0.391. The molecule has 2 aromatic rings. The van der Waals surface area contributed by atoms with Crippen molar-refractivity contribution in [1.82, 2.24) is 9.80 Å². The molecule has 0 aliphatic carbocycles. The summed E-state index contributed by atoms with van der Waals surface area (Å²) >= 11 is 6.09. The van der Waals surface area contributed by atoms with E-state index >= 15 is 0 Å². The Hall–Kier alpha value is -3.01. The van der Waals surface area contributed by atoms with Gasteiger partial charge in [-0.2, -0.15) is 0 Å². The molecular weight excluding hydrogens is 446 g/mol. The smallest absolute Gasteiger partial charge is 0.271 e. The number of benzene rings is 2. The van der Waals surface area contributed by atoms with E-state index in [0.29, 0.717) is 26.2 Å². The van der Waals surface area contributed by atoms with Crippen LogP contribution in [-0.4, -0.2) is 65.3 Å². The molecule has 9 nitrogen and oxygen atoms in total. The van der Waals surface area contributed by atoms with Crippen molar-refractivity contribution in [1.29, 1.82) is 0 Å². The summed E-state index contributed by atoms with van der Waals surface area (Å²) in [6.07, 6.45) is 0. The Morgan fingerprint density at radius 3 is 2.33 bits per heavy atom. The second-order valence-corrected chi connectivity index (χ2v) is 8.62. The van der Waals surface area contributed by atoms with Gasteiger partial charge in [0.05, 0.1) is 28.2 Å². The minimum Gasteiger partial charge on any atom is -0.324 e. The number of nitrogens with zero attached hydrogens (tertiary/aromatic N) is 3. The zero-order chi connectivity index (χ0) is 24.1. The lowest BCUT2D eigenvalue weighted by molar-refractivity contribution is -0.384. The van der Waals surface area contributed by atoms with Gasteiger partial charge in [-0.05, 0) is 38.0 Å². The van der Waals surface area contributed by atoms with Crippen LogP contribution in [0.3, 0.4) is 0 Å². The standard InChI is InChI=1S/C23H28ClN5O4/c1-15-5-4-6-16(2)22(15)26-21(30)14-27-9-11-28(12-10-27)17(3)23(31)25-20-13-18(29(32)33)7-8-19(20)24/h4-8,13,17H,9-12,14H2,1-3H3,(H,25,31)(H,26,30). The Bertz CT molecular complexity index is 1030. The number of non-ortho nitro benzene ring substituents is 1. The minimum atomic E-state index is -0.537. The van der Waals surface area contributed by atoms with E-state index in [-0.39, 0.29) is 34.8 Å². The van der Waals surface area contributed by atoms with E-state index < -0.39 is 11.0 Å². The first-order valence-electron chi connectivity index (χ1n) is 10.7. The van der Waals surface area contributed by atoms with Crippen LogP contribution < -0.4 is 10.6 Å². The SMILES string of the molecule is Cc1cccc(C)c1NC(=O)CN1CCN(C(C)C(=O)Nc2cc([N+](=O)[O-])ccc2Cl)CC1. The van der Waals surface area contributed by atoms with Crippen LogP contribution in [0.15, 0.2) is 36.4 Å². The fourth-order valence-corrected chi connectivity index (χ4v) is 3.99. The summed E-state index contributed by atoms with van der Waals surface area (Å²) in [5, 5.41) is 16.9. The highest BCUT2D eigenvalue weighted by Gasteiger charge is 2.27. The van der Waals surface area contributed by atoms with E-state index in [1.165, 1.54) is 18.2 Å². The molecule has 1 heterocycles. The summed E-state index contributed by atoms with van der Waals surface area (Å²) in [5.74, 6) is -0.356. The van der Waals surface area contributed by atoms with Crippen LogP contribution in [0.4, 0.5) is 17.1 Å². The molecule has 1 aliphatic heterocycles. The number of nitro groups is 1. The number of amides is 2. The van der Waals surface area contributed by atoms with Crippen LogP contribution >= 0.6 is 11.6 Å². The lowest BCUT2D eigenvalue weighted by atomic mass is 10.1. The third-order valence-corrected chi connectivity index (χ3v) is 6.20. The van der Waals surface area contributed by atoms with Crippen molar-refractivity contribution < 1.29 is 14.5 Å². The number of nitrogens with one attached hydrogen (secondary N) is 2. The molecule has 1 aliphatic rings. The van der Waals surface area contributed by atoms with Gasteiger partial charge < -0.3 is 10.6 Å². The van der Waals surface area contributed by atoms with Gasteiger partial charge in [0.1, 0.15) is 0 Å². The second kappa shape index (κ2) is 10.7. The molecule has 1 fully saturated rings. The molecule has 1 saturated heterocycles. The number of carbonyl (C=O) groups excluding carboxylic acids is 2. The molecule has 3 rings (SSSR count). The molecule has 0 bridgehead atoms. The first-order valence-corrected chi connectivity index (χ1v) is 11.1. The van der Waals surface area contributed by atoms with E-state index in [9.17, 15) is 19.7 Å². The minimum absolute atomic E-state index is 0.0630. The highest BCUT2D eigenvalue weighted by atomic mass is 35.5. The number of hydrogen-bond acceptors (Lipinski definition) is 6. The van der Waals surface area contributed by atoms with Crippen LogP contribution in [-0.2, 0) is 9.59 Å². The summed E-state index contributed by atoms with van der Waals surface area (Å²) in [6.45, 7) is 8.53. The quantitative estimate of drug-likeness (QED) is 0.471. The van der Waals surface area contributed by atoms with Crippen LogP contribution in [0.5, 0.6) is 0 Å². The Balaban J connectivity index is 1.51. The molecule has 1 atom stereocenters. The number of rotatable bonds is 7. The van der Waals surface area contributed by atoms with Gasteiger partial charge in [0.2, 0.25) is 11.8 Å². The third-order valence-electron chi connectivity index (χ3n) is 5.87. The van der Waals surface area contributed by atoms with Gasteiger partial charge in [0.15, 0.2) is 0 Å². The molecule has 0 spiro atoms. The predicted molar refractivity (Wildman–Crippen MR) is 129 cm³/mol. The van der Waals surface area contributed by atoms with Gasteiger partial charge in [-0.15, -0.1) is 0 Å². The summed E-state index contributed by atoms with van der Waals surface area (Å²) < 4.78 is 0. The van der Waals surface area contributed by atoms with Crippen molar-refractivity contribution in [3.63, 3.8) is 0 Å². The van der Waals surface area contributed by atoms with Crippen LogP contribution in [0.2, 0.25) is 5.02 Å². The first-order chi connectivity index (χ1) is 15.7. The topological polar surface area (TPSA) is 108 Å². The zero-order valence-corrected chi connectivity index (χ0v) is 19.7. The maximum absolute atomic E-state index is 12.7. The van der Waals surface area contributed by atoms with Crippen molar-refractivity contribution in [2.24, 2.45) is 0 Å². The Morgan fingerprint density at radius 2 is 1.73 bits per heavy atom. The number of hydrogen-bond donors (Lipinski definition) is 2. The fourth-order valence-electron chi connectivity index (χ4n) is 3.83. The van der Waals surface area contributed by atoms with Gasteiger partial charge in [0, 0.05) is 44.0 Å². The van der Waals surface area contributed by atoms with Gasteiger partial charge in [-0.1, -0.05) is 29.8 Å². The highest BCUT2D eigenvalue weighted by Crippen LogP contribution is 2.27. The molecule has 2 aromatic carbocycles. The molecule has 33 heavy (non-hydrogen) atoms. The average Bonchev–Trinajstić information content (AvgIpc) is 2.77. The lowest BCUT2D eigenvalue weighted by Crippen LogP contribution is -2.53. The number of anilines is 2. The maximum atomic E-state index is 12.7. The largest absolute Gasteiger partial charge is 0.324 e. The maximum Gasteiger partial charge on any atom is 0.271 e. The normalized spacial score (nSPS) is 15.6.